The number of likely N-dealkylation sites (tertiary alicyclic amines) is 1. The van der Waals surface area contributed by atoms with Gasteiger partial charge in [-0.1, -0.05) is 35.5 Å². The van der Waals surface area contributed by atoms with E-state index < -0.39 is 0 Å². The first-order valence-corrected chi connectivity index (χ1v) is 7.70. The van der Waals surface area contributed by atoms with Crippen molar-refractivity contribution in [3.05, 3.63) is 53.4 Å². The second kappa shape index (κ2) is 6.64. The molecular formula is C17H19N3O3. The molecule has 23 heavy (non-hydrogen) atoms. The summed E-state index contributed by atoms with van der Waals surface area (Å²) in [5.41, 5.74) is 1.38. The summed E-state index contributed by atoms with van der Waals surface area (Å²) in [5.74, 6) is 0.372. The maximum atomic E-state index is 12.5. The predicted molar refractivity (Wildman–Crippen MR) is 83.7 cm³/mol. The molecule has 0 bridgehead atoms. The van der Waals surface area contributed by atoms with Crippen LogP contribution in [0.2, 0.25) is 0 Å². The van der Waals surface area contributed by atoms with E-state index in [-0.39, 0.29) is 17.9 Å². The third-order valence-corrected chi connectivity index (χ3v) is 4.08. The van der Waals surface area contributed by atoms with Crippen molar-refractivity contribution in [2.75, 3.05) is 13.1 Å². The van der Waals surface area contributed by atoms with Crippen LogP contribution in [0.1, 0.15) is 40.6 Å². The van der Waals surface area contributed by atoms with E-state index in [9.17, 15) is 9.59 Å². The van der Waals surface area contributed by atoms with Gasteiger partial charge in [0.1, 0.15) is 11.3 Å². The molecule has 1 unspecified atom stereocenters. The Morgan fingerprint density at radius 1 is 1.39 bits per heavy atom. The zero-order chi connectivity index (χ0) is 16.2. The van der Waals surface area contributed by atoms with E-state index in [1.54, 1.807) is 11.8 Å². The van der Waals surface area contributed by atoms with Crippen LogP contribution >= 0.6 is 0 Å². The molecule has 1 fully saturated rings. The van der Waals surface area contributed by atoms with Crippen LogP contribution in [-0.2, 0) is 4.79 Å². The van der Waals surface area contributed by atoms with E-state index in [0.717, 1.165) is 18.5 Å². The summed E-state index contributed by atoms with van der Waals surface area (Å²) in [6.45, 7) is 2.91. The van der Waals surface area contributed by atoms with Gasteiger partial charge >= 0.3 is 0 Å². The van der Waals surface area contributed by atoms with E-state index in [4.69, 9.17) is 4.52 Å². The number of nitrogens with one attached hydrogen (secondary N) is 1. The molecule has 2 amide bonds. The molecule has 120 valence electrons. The average Bonchev–Trinajstić information content (AvgIpc) is 3.16. The molecule has 2 aromatic rings. The first kappa shape index (κ1) is 15.3. The largest absolute Gasteiger partial charge is 0.361 e. The van der Waals surface area contributed by atoms with Gasteiger partial charge in [-0.3, -0.25) is 9.59 Å². The van der Waals surface area contributed by atoms with Crippen LogP contribution in [0.15, 0.2) is 41.1 Å². The van der Waals surface area contributed by atoms with Gasteiger partial charge in [-0.25, -0.2) is 0 Å². The highest BCUT2D eigenvalue weighted by Gasteiger charge is 2.26. The number of aryl methyl sites for hydroxylation is 1. The number of nitrogens with zero attached hydrogens (tertiary/aromatic N) is 2. The number of carbonyl (C=O) groups is 2. The third-order valence-electron chi connectivity index (χ3n) is 4.08. The molecule has 0 spiro atoms. The van der Waals surface area contributed by atoms with Crippen LogP contribution in [0.3, 0.4) is 0 Å². The van der Waals surface area contributed by atoms with Crippen LogP contribution in [0, 0.1) is 6.92 Å². The number of hydrogen-bond donors (Lipinski definition) is 1. The number of amides is 2. The van der Waals surface area contributed by atoms with Crippen molar-refractivity contribution in [2.24, 2.45) is 0 Å². The molecule has 0 saturated carbocycles. The summed E-state index contributed by atoms with van der Waals surface area (Å²) in [6, 6.07) is 9.40. The molecule has 6 nitrogen and oxygen atoms in total. The van der Waals surface area contributed by atoms with Crippen LogP contribution in [0.25, 0.3) is 0 Å². The quantitative estimate of drug-likeness (QED) is 0.917. The molecule has 0 radical (unpaired) electrons. The minimum atomic E-state index is -0.264. The van der Waals surface area contributed by atoms with Crippen LogP contribution < -0.4 is 5.32 Å². The summed E-state index contributed by atoms with van der Waals surface area (Å²) in [4.78, 5) is 26.2. The Bertz CT molecular complexity index is 696. The highest BCUT2D eigenvalue weighted by Crippen LogP contribution is 2.19. The summed E-state index contributed by atoms with van der Waals surface area (Å²) < 4.78 is 4.95. The van der Waals surface area contributed by atoms with Crippen molar-refractivity contribution < 1.29 is 14.1 Å². The van der Waals surface area contributed by atoms with Gasteiger partial charge in [0.2, 0.25) is 5.91 Å². The summed E-state index contributed by atoms with van der Waals surface area (Å²) in [6.07, 6.45) is 2.87. The average molecular weight is 313 g/mol. The van der Waals surface area contributed by atoms with E-state index in [1.165, 1.54) is 6.20 Å². The van der Waals surface area contributed by atoms with E-state index >= 15 is 0 Å². The van der Waals surface area contributed by atoms with E-state index in [1.807, 2.05) is 30.3 Å². The van der Waals surface area contributed by atoms with Crippen LogP contribution in [0.4, 0.5) is 0 Å². The third kappa shape index (κ3) is 3.41. The van der Waals surface area contributed by atoms with Crippen molar-refractivity contribution in [2.45, 2.75) is 25.8 Å². The van der Waals surface area contributed by atoms with E-state index in [0.29, 0.717) is 24.3 Å². The maximum Gasteiger partial charge on any atom is 0.257 e. The molecular weight excluding hydrogens is 294 g/mol. The lowest BCUT2D eigenvalue weighted by molar-refractivity contribution is -0.128. The Balaban J connectivity index is 1.79. The Morgan fingerprint density at radius 3 is 2.78 bits per heavy atom. The zero-order valence-corrected chi connectivity index (χ0v) is 13.0. The summed E-state index contributed by atoms with van der Waals surface area (Å²) in [5, 5.41) is 6.63. The van der Waals surface area contributed by atoms with Crippen molar-refractivity contribution >= 4 is 11.8 Å². The number of benzene rings is 1. The fraction of sp³-hybridized carbons (Fsp3) is 0.353. The highest BCUT2D eigenvalue weighted by atomic mass is 16.5. The summed E-state index contributed by atoms with van der Waals surface area (Å²) in [7, 11) is 0. The maximum absolute atomic E-state index is 12.5. The van der Waals surface area contributed by atoms with Crippen molar-refractivity contribution in [1.29, 1.82) is 0 Å². The predicted octanol–water partition coefficient (Wildman–Crippen LogP) is 2.08. The minimum absolute atomic E-state index is 0.140. The van der Waals surface area contributed by atoms with Crippen molar-refractivity contribution in [1.82, 2.24) is 15.4 Å². The Labute approximate surface area is 134 Å². The fourth-order valence-corrected chi connectivity index (χ4v) is 2.79. The monoisotopic (exact) mass is 313 g/mol. The van der Waals surface area contributed by atoms with Crippen molar-refractivity contribution in [3.8, 4) is 0 Å². The molecule has 1 aromatic carbocycles. The molecule has 1 N–H and O–H groups in total. The van der Waals surface area contributed by atoms with E-state index in [2.05, 4.69) is 10.5 Å². The standard InChI is InChI=1S/C17H19N3O3/c1-12-14(10-18-23-12)17(22)19-15(13-6-3-2-4-7-13)11-20-9-5-8-16(20)21/h2-4,6-7,10,15H,5,8-9,11H2,1H3,(H,19,22). The van der Waals surface area contributed by atoms with Crippen LogP contribution in [0.5, 0.6) is 0 Å². The zero-order valence-electron chi connectivity index (χ0n) is 13.0. The number of carbonyl (C=O) groups excluding carboxylic acids is 2. The van der Waals surface area contributed by atoms with Gasteiger partial charge in [0, 0.05) is 19.5 Å². The fourth-order valence-electron chi connectivity index (χ4n) is 2.79. The van der Waals surface area contributed by atoms with Gasteiger partial charge in [0.15, 0.2) is 0 Å². The Morgan fingerprint density at radius 2 is 2.17 bits per heavy atom. The molecule has 2 heterocycles. The Hall–Kier alpha value is -2.63. The normalized spacial score (nSPS) is 15.7. The van der Waals surface area contributed by atoms with Gasteiger partial charge in [0.25, 0.3) is 5.91 Å². The second-order valence-electron chi connectivity index (χ2n) is 5.68. The molecule has 6 heteroatoms. The lowest BCUT2D eigenvalue weighted by Crippen LogP contribution is -2.38. The van der Waals surface area contributed by atoms with Gasteiger partial charge in [-0.2, -0.15) is 0 Å². The number of rotatable bonds is 5. The first-order valence-electron chi connectivity index (χ1n) is 7.70. The molecule has 1 saturated heterocycles. The number of hydrogen-bond acceptors (Lipinski definition) is 4. The lowest BCUT2D eigenvalue weighted by atomic mass is 10.1. The molecule has 1 aliphatic heterocycles. The SMILES string of the molecule is Cc1oncc1C(=O)NC(CN1CCCC1=O)c1ccccc1. The second-order valence-corrected chi connectivity index (χ2v) is 5.68. The molecule has 1 aliphatic rings. The van der Waals surface area contributed by atoms with Gasteiger partial charge < -0.3 is 14.7 Å². The smallest absolute Gasteiger partial charge is 0.257 e. The first-order chi connectivity index (χ1) is 11.1. The molecule has 0 aliphatic carbocycles. The van der Waals surface area contributed by atoms with Gasteiger partial charge in [0.05, 0.1) is 12.2 Å². The van der Waals surface area contributed by atoms with Gasteiger partial charge in [-0.15, -0.1) is 0 Å². The molecule has 1 atom stereocenters. The topological polar surface area (TPSA) is 75.4 Å². The minimum Gasteiger partial charge on any atom is -0.361 e. The Kier molecular flexibility index (Phi) is 4.41. The highest BCUT2D eigenvalue weighted by molar-refractivity contribution is 5.95. The summed E-state index contributed by atoms with van der Waals surface area (Å²) >= 11 is 0. The molecule has 3 rings (SSSR count). The lowest BCUT2D eigenvalue weighted by Gasteiger charge is -2.25. The van der Waals surface area contributed by atoms with Gasteiger partial charge in [-0.05, 0) is 18.9 Å². The number of aromatic nitrogens is 1. The van der Waals surface area contributed by atoms with Crippen molar-refractivity contribution in [3.63, 3.8) is 0 Å². The van der Waals surface area contributed by atoms with Crippen LogP contribution in [-0.4, -0.2) is 35.0 Å². The molecule has 1 aromatic heterocycles.